The Labute approximate surface area is 122 Å². The van der Waals surface area contributed by atoms with E-state index in [1.807, 2.05) is 18.2 Å². The van der Waals surface area contributed by atoms with E-state index in [0.717, 1.165) is 17.6 Å². The van der Waals surface area contributed by atoms with Gasteiger partial charge in [0.2, 0.25) is 6.79 Å². The third kappa shape index (κ3) is 2.76. The van der Waals surface area contributed by atoms with Crippen molar-refractivity contribution in [3.05, 3.63) is 47.5 Å². The monoisotopic (exact) mass is 286 g/mol. The summed E-state index contributed by atoms with van der Waals surface area (Å²) in [7, 11) is 1.56. The molecule has 0 N–H and O–H groups in total. The summed E-state index contributed by atoms with van der Waals surface area (Å²) in [5.74, 6) is 2.56. The van der Waals surface area contributed by atoms with Gasteiger partial charge in [0, 0.05) is 5.56 Å². The van der Waals surface area contributed by atoms with E-state index in [-0.39, 0.29) is 6.79 Å². The summed E-state index contributed by atoms with van der Waals surface area (Å²) in [5.41, 5.74) is 1.48. The SMILES string of the molecule is COc1ccc(C=O)cc1OCc1ccc2c(c1)OCO2. The second kappa shape index (κ2) is 5.75. The lowest BCUT2D eigenvalue weighted by atomic mass is 10.2. The highest BCUT2D eigenvalue weighted by molar-refractivity contribution is 5.76. The maximum absolute atomic E-state index is 10.8. The maximum Gasteiger partial charge on any atom is 0.231 e. The maximum atomic E-state index is 10.8. The van der Waals surface area contributed by atoms with Crippen LogP contribution in [0, 0.1) is 0 Å². The summed E-state index contributed by atoms with van der Waals surface area (Å²) in [6.45, 7) is 0.587. The van der Waals surface area contributed by atoms with Crippen LogP contribution in [-0.2, 0) is 6.61 Å². The van der Waals surface area contributed by atoms with Gasteiger partial charge in [-0.15, -0.1) is 0 Å². The predicted molar refractivity (Wildman–Crippen MR) is 75.3 cm³/mol. The smallest absolute Gasteiger partial charge is 0.231 e. The van der Waals surface area contributed by atoms with Crippen molar-refractivity contribution in [1.82, 2.24) is 0 Å². The molecule has 5 nitrogen and oxygen atoms in total. The Kier molecular flexibility index (Phi) is 3.64. The predicted octanol–water partition coefficient (Wildman–Crippen LogP) is 2.82. The zero-order valence-electron chi connectivity index (χ0n) is 11.5. The Bertz CT molecular complexity index is 666. The zero-order chi connectivity index (χ0) is 14.7. The van der Waals surface area contributed by atoms with Crippen molar-refractivity contribution >= 4 is 6.29 Å². The number of rotatable bonds is 5. The van der Waals surface area contributed by atoms with Gasteiger partial charge in [-0.05, 0) is 35.9 Å². The standard InChI is InChI=1S/C16H14O5/c1-18-13-4-2-11(8-17)6-15(13)19-9-12-3-5-14-16(7-12)21-10-20-14/h2-8H,9-10H2,1H3. The van der Waals surface area contributed by atoms with Crippen molar-refractivity contribution in [3.8, 4) is 23.0 Å². The van der Waals surface area contributed by atoms with Crippen LogP contribution in [0.5, 0.6) is 23.0 Å². The number of hydrogen-bond acceptors (Lipinski definition) is 5. The van der Waals surface area contributed by atoms with Gasteiger partial charge >= 0.3 is 0 Å². The molecule has 21 heavy (non-hydrogen) atoms. The first-order valence-electron chi connectivity index (χ1n) is 6.44. The minimum absolute atomic E-state index is 0.245. The zero-order valence-corrected chi connectivity index (χ0v) is 11.5. The lowest BCUT2D eigenvalue weighted by Gasteiger charge is -2.11. The average Bonchev–Trinajstić information content (AvgIpc) is 3.00. The van der Waals surface area contributed by atoms with Gasteiger partial charge in [0.15, 0.2) is 23.0 Å². The van der Waals surface area contributed by atoms with Crippen molar-refractivity contribution in [1.29, 1.82) is 0 Å². The third-order valence-corrected chi connectivity index (χ3v) is 3.16. The molecule has 2 aromatic carbocycles. The lowest BCUT2D eigenvalue weighted by Crippen LogP contribution is -1.98. The van der Waals surface area contributed by atoms with Crippen LogP contribution in [0.15, 0.2) is 36.4 Å². The summed E-state index contributed by atoms with van der Waals surface area (Å²) in [5, 5.41) is 0. The van der Waals surface area contributed by atoms with Gasteiger partial charge < -0.3 is 18.9 Å². The third-order valence-electron chi connectivity index (χ3n) is 3.16. The molecule has 0 atom stereocenters. The molecule has 0 saturated heterocycles. The van der Waals surface area contributed by atoms with Crippen molar-refractivity contribution in [2.24, 2.45) is 0 Å². The first-order valence-corrected chi connectivity index (χ1v) is 6.44. The normalized spacial score (nSPS) is 12.0. The fourth-order valence-electron chi connectivity index (χ4n) is 2.07. The summed E-state index contributed by atoms with van der Waals surface area (Å²) >= 11 is 0. The topological polar surface area (TPSA) is 54.0 Å². The molecule has 0 bridgehead atoms. The van der Waals surface area contributed by atoms with Gasteiger partial charge in [-0.1, -0.05) is 6.07 Å². The van der Waals surface area contributed by atoms with Crippen LogP contribution < -0.4 is 18.9 Å². The first-order chi connectivity index (χ1) is 10.3. The number of benzene rings is 2. The number of carbonyl (C=O) groups excluding carboxylic acids is 1. The van der Waals surface area contributed by atoms with Gasteiger partial charge in [-0.3, -0.25) is 4.79 Å². The van der Waals surface area contributed by atoms with E-state index in [4.69, 9.17) is 18.9 Å². The Balaban J connectivity index is 1.76. The van der Waals surface area contributed by atoms with Gasteiger partial charge in [0.25, 0.3) is 0 Å². The number of aldehydes is 1. The van der Waals surface area contributed by atoms with Crippen LogP contribution in [0.3, 0.4) is 0 Å². The summed E-state index contributed by atoms with van der Waals surface area (Å²) < 4.78 is 21.5. The fraction of sp³-hybridized carbons (Fsp3) is 0.188. The van der Waals surface area contributed by atoms with Crippen LogP contribution in [-0.4, -0.2) is 20.2 Å². The minimum Gasteiger partial charge on any atom is -0.493 e. The van der Waals surface area contributed by atoms with E-state index in [1.54, 1.807) is 25.3 Å². The van der Waals surface area contributed by atoms with Gasteiger partial charge in [0.05, 0.1) is 7.11 Å². The minimum atomic E-state index is 0.245. The molecule has 0 spiro atoms. The molecular formula is C16H14O5. The number of ether oxygens (including phenoxy) is 4. The second-order valence-corrected chi connectivity index (χ2v) is 4.50. The molecule has 0 unspecified atom stereocenters. The van der Waals surface area contributed by atoms with E-state index >= 15 is 0 Å². The van der Waals surface area contributed by atoms with Crippen LogP contribution >= 0.6 is 0 Å². The van der Waals surface area contributed by atoms with E-state index in [1.165, 1.54) is 0 Å². The highest BCUT2D eigenvalue weighted by Gasteiger charge is 2.13. The van der Waals surface area contributed by atoms with Gasteiger partial charge in [-0.25, -0.2) is 0 Å². The molecule has 0 saturated carbocycles. The van der Waals surface area contributed by atoms with Crippen LogP contribution in [0.4, 0.5) is 0 Å². The Morgan fingerprint density at radius 2 is 1.95 bits per heavy atom. The van der Waals surface area contributed by atoms with Crippen molar-refractivity contribution in [2.45, 2.75) is 6.61 Å². The Hall–Kier alpha value is -2.69. The average molecular weight is 286 g/mol. The van der Waals surface area contributed by atoms with Crippen molar-refractivity contribution < 1.29 is 23.7 Å². The highest BCUT2D eigenvalue weighted by atomic mass is 16.7. The molecule has 108 valence electrons. The molecule has 3 rings (SSSR count). The first kappa shape index (κ1) is 13.3. The molecule has 0 amide bonds. The number of fused-ring (bicyclic) bond motifs is 1. The number of carbonyl (C=O) groups is 1. The van der Waals surface area contributed by atoms with Crippen molar-refractivity contribution in [3.63, 3.8) is 0 Å². The molecule has 0 radical (unpaired) electrons. The second-order valence-electron chi connectivity index (χ2n) is 4.50. The molecule has 1 heterocycles. The molecule has 1 aliphatic heterocycles. The van der Waals surface area contributed by atoms with Crippen LogP contribution in [0.25, 0.3) is 0 Å². The molecular weight excluding hydrogens is 272 g/mol. The lowest BCUT2D eigenvalue weighted by molar-refractivity contribution is 0.112. The molecule has 2 aromatic rings. The Morgan fingerprint density at radius 1 is 1.10 bits per heavy atom. The van der Waals surface area contributed by atoms with E-state index in [9.17, 15) is 4.79 Å². The van der Waals surface area contributed by atoms with Crippen molar-refractivity contribution in [2.75, 3.05) is 13.9 Å². The van der Waals surface area contributed by atoms with Crippen LogP contribution in [0.2, 0.25) is 0 Å². The Morgan fingerprint density at radius 3 is 2.76 bits per heavy atom. The van der Waals surface area contributed by atoms with E-state index in [2.05, 4.69) is 0 Å². The van der Waals surface area contributed by atoms with E-state index < -0.39 is 0 Å². The number of hydrogen-bond donors (Lipinski definition) is 0. The summed E-state index contributed by atoms with van der Waals surface area (Å²) in [6, 6.07) is 10.7. The fourth-order valence-corrected chi connectivity index (χ4v) is 2.07. The van der Waals surface area contributed by atoms with E-state index in [0.29, 0.717) is 29.4 Å². The summed E-state index contributed by atoms with van der Waals surface area (Å²) in [4.78, 5) is 10.8. The molecule has 0 aliphatic carbocycles. The molecule has 0 aromatic heterocycles. The van der Waals surface area contributed by atoms with Gasteiger partial charge in [0.1, 0.15) is 12.9 Å². The van der Waals surface area contributed by atoms with Crippen LogP contribution in [0.1, 0.15) is 15.9 Å². The largest absolute Gasteiger partial charge is 0.493 e. The highest BCUT2D eigenvalue weighted by Crippen LogP contribution is 2.33. The molecule has 0 fully saturated rings. The number of methoxy groups -OCH3 is 1. The van der Waals surface area contributed by atoms with Gasteiger partial charge in [-0.2, -0.15) is 0 Å². The summed E-state index contributed by atoms with van der Waals surface area (Å²) in [6.07, 6.45) is 0.771. The molecule has 5 heteroatoms. The quantitative estimate of drug-likeness (QED) is 0.791. The molecule has 1 aliphatic rings.